The number of hydrogen-bond donors (Lipinski definition) is 1. The summed E-state index contributed by atoms with van der Waals surface area (Å²) in [7, 11) is 0. The Morgan fingerprint density at radius 1 is 1.44 bits per heavy atom. The van der Waals surface area contributed by atoms with E-state index < -0.39 is 0 Å². The number of hydrogen-bond acceptors (Lipinski definition) is 3. The van der Waals surface area contributed by atoms with E-state index in [4.69, 9.17) is 5.73 Å². The van der Waals surface area contributed by atoms with Crippen LogP contribution in [0, 0.1) is 12.7 Å². The van der Waals surface area contributed by atoms with Crippen molar-refractivity contribution < 1.29 is 4.39 Å². The zero-order valence-corrected chi connectivity index (χ0v) is 11.8. The Hall–Kier alpha value is -1.43. The van der Waals surface area contributed by atoms with Gasteiger partial charge in [0.1, 0.15) is 5.82 Å². The summed E-state index contributed by atoms with van der Waals surface area (Å²) in [5, 5.41) is 7.86. The standard InChI is InChI=1S/C12H14BrFN4/c1-3-4-10-12(15)16-17-18(10)11-6-9(14)8(13)5-7(11)2/h5-6H,3-4,15H2,1-2H3. The number of nitrogen functional groups attached to an aromatic ring is 1. The molecule has 2 aromatic rings. The fourth-order valence-corrected chi connectivity index (χ4v) is 2.30. The van der Waals surface area contributed by atoms with Gasteiger partial charge in [0, 0.05) is 6.07 Å². The van der Waals surface area contributed by atoms with Gasteiger partial charge in [0.25, 0.3) is 0 Å². The van der Waals surface area contributed by atoms with E-state index in [9.17, 15) is 4.39 Å². The first-order valence-electron chi connectivity index (χ1n) is 5.70. The predicted octanol–water partition coefficient (Wildman–Crippen LogP) is 3.01. The second-order valence-electron chi connectivity index (χ2n) is 4.14. The van der Waals surface area contributed by atoms with E-state index >= 15 is 0 Å². The lowest BCUT2D eigenvalue weighted by molar-refractivity contribution is 0.616. The van der Waals surface area contributed by atoms with Crippen molar-refractivity contribution in [2.75, 3.05) is 5.73 Å². The Labute approximate surface area is 113 Å². The molecule has 0 saturated heterocycles. The number of nitrogens with zero attached hydrogens (tertiary/aromatic N) is 3. The van der Waals surface area contributed by atoms with Crippen LogP contribution in [0.3, 0.4) is 0 Å². The summed E-state index contributed by atoms with van der Waals surface area (Å²) in [6.45, 7) is 3.94. The van der Waals surface area contributed by atoms with Crippen LogP contribution in [0.4, 0.5) is 10.2 Å². The molecule has 1 heterocycles. The monoisotopic (exact) mass is 312 g/mol. The lowest BCUT2D eigenvalue weighted by Gasteiger charge is -2.10. The van der Waals surface area contributed by atoms with Gasteiger partial charge in [-0.05, 0) is 40.9 Å². The molecule has 0 fully saturated rings. The van der Waals surface area contributed by atoms with Gasteiger partial charge in [-0.3, -0.25) is 0 Å². The molecule has 18 heavy (non-hydrogen) atoms. The second kappa shape index (κ2) is 5.06. The molecule has 0 aliphatic carbocycles. The number of halogens is 2. The zero-order chi connectivity index (χ0) is 13.3. The minimum Gasteiger partial charge on any atom is -0.381 e. The van der Waals surface area contributed by atoms with Crippen LogP contribution in [-0.2, 0) is 6.42 Å². The summed E-state index contributed by atoms with van der Waals surface area (Å²) in [6, 6.07) is 3.16. The molecule has 0 radical (unpaired) electrons. The lowest BCUT2D eigenvalue weighted by atomic mass is 10.2. The van der Waals surface area contributed by atoms with E-state index in [0.717, 1.165) is 24.1 Å². The molecule has 96 valence electrons. The van der Waals surface area contributed by atoms with Crippen molar-refractivity contribution >= 4 is 21.7 Å². The molecule has 2 N–H and O–H groups in total. The third-order valence-electron chi connectivity index (χ3n) is 2.75. The van der Waals surface area contributed by atoms with Crippen LogP contribution in [0.25, 0.3) is 5.69 Å². The first kappa shape index (κ1) is 13.0. The molecular formula is C12H14BrFN4. The van der Waals surface area contributed by atoms with E-state index in [1.807, 2.05) is 13.8 Å². The average molecular weight is 313 g/mol. The Morgan fingerprint density at radius 2 is 2.17 bits per heavy atom. The molecule has 1 aromatic heterocycles. The van der Waals surface area contributed by atoms with Crippen molar-refractivity contribution in [3.8, 4) is 5.69 Å². The smallest absolute Gasteiger partial charge is 0.169 e. The Bertz CT molecular complexity index is 580. The van der Waals surface area contributed by atoms with E-state index in [0.29, 0.717) is 16.0 Å². The van der Waals surface area contributed by atoms with Gasteiger partial charge < -0.3 is 5.73 Å². The number of anilines is 1. The zero-order valence-electron chi connectivity index (χ0n) is 10.2. The van der Waals surface area contributed by atoms with Gasteiger partial charge in [-0.1, -0.05) is 18.6 Å². The fraction of sp³-hybridized carbons (Fsp3) is 0.333. The highest BCUT2D eigenvalue weighted by Gasteiger charge is 2.14. The quantitative estimate of drug-likeness (QED) is 0.947. The highest BCUT2D eigenvalue weighted by molar-refractivity contribution is 9.10. The van der Waals surface area contributed by atoms with Crippen molar-refractivity contribution in [3.05, 3.63) is 33.7 Å². The molecule has 1 aromatic carbocycles. The summed E-state index contributed by atoms with van der Waals surface area (Å²) in [5.74, 6) is 0.0756. The summed E-state index contributed by atoms with van der Waals surface area (Å²) in [6.07, 6.45) is 1.69. The first-order valence-corrected chi connectivity index (χ1v) is 6.50. The Kier molecular flexibility index (Phi) is 3.65. The molecule has 0 atom stereocenters. The van der Waals surface area contributed by atoms with Crippen LogP contribution >= 0.6 is 15.9 Å². The van der Waals surface area contributed by atoms with E-state index in [2.05, 4.69) is 26.2 Å². The van der Waals surface area contributed by atoms with Crippen molar-refractivity contribution in [1.82, 2.24) is 15.0 Å². The third kappa shape index (κ3) is 2.25. The highest BCUT2D eigenvalue weighted by Crippen LogP contribution is 2.25. The number of nitrogens with two attached hydrogens (primary N) is 1. The molecule has 2 rings (SSSR count). The van der Waals surface area contributed by atoms with Crippen LogP contribution < -0.4 is 5.73 Å². The lowest BCUT2D eigenvalue weighted by Crippen LogP contribution is -2.06. The molecule has 0 aliphatic heterocycles. The molecule has 0 unspecified atom stereocenters. The van der Waals surface area contributed by atoms with Crippen molar-refractivity contribution in [2.24, 2.45) is 0 Å². The third-order valence-corrected chi connectivity index (χ3v) is 3.35. The number of benzene rings is 1. The van der Waals surface area contributed by atoms with Crippen LogP contribution in [-0.4, -0.2) is 15.0 Å². The van der Waals surface area contributed by atoms with Gasteiger partial charge in [-0.15, -0.1) is 5.10 Å². The minimum absolute atomic E-state index is 0.327. The summed E-state index contributed by atoms with van der Waals surface area (Å²) in [5.41, 5.74) is 8.18. The SMILES string of the molecule is CCCc1c(N)nnn1-c1cc(F)c(Br)cc1C. The van der Waals surface area contributed by atoms with Gasteiger partial charge in [0.15, 0.2) is 5.82 Å². The Morgan fingerprint density at radius 3 is 2.83 bits per heavy atom. The minimum atomic E-state index is -0.327. The van der Waals surface area contributed by atoms with Crippen molar-refractivity contribution in [2.45, 2.75) is 26.7 Å². The normalized spacial score (nSPS) is 10.9. The Balaban J connectivity index is 2.58. The van der Waals surface area contributed by atoms with Crippen LogP contribution in [0.5, 0.6) is 0 Å². The van der Waals surface area contributed by atoms with Crippen LogP contribution in [0.1, 0.15) is 24.6 Å². The summed E-state index contributed by atoms with van der Waals surface area (Å²) >= 11 is 3.16. The van der Waals surface area contributed by atoms with Gasteiger partial charge >= 0.3 is 0 Å². The number of aromatic nitrogens is 3. The maximum absolute atomic E-state index is 13.6. The van der Waals surface area contributed by atoms with Crippen molar-refractivity contribution in [1.29, 1.82) is 0 Å². The summed E-state index contributed by atoms with van der Waals surface area (Å²) < 4.78 is 15.7. The number of aryl methyl sites for hydroxylation is 1. The summed E-state index contributed by atoms with van der Waals surface area (Å²) in [4.78, 5) is 0. The average Bonchev–Trinajstić information content (AvgIpc) is 2.67. The van der Waals surface area contributed by atoms with Crippen LogP contribution in [0.15, 0.2) is 16.6 Å². The molecule has 0 saturated carbocycles. The molecule has 6 heteroatoms. The molecule has 0 bridgehead atoms. The van der Waals surface area contributed by atoms with Gasteiger partial charge in [0.2, 0.25) is 0 Å². The molecule has 0 amide bonds. The second-order valence-corrected chi connectivity index (χ2v) is 4.99. The van der Waals surface area contributed by atoms with E-state index in [1.165, 1.54) is 6.07 Å². The molecular weight excluding hydrogens is 299 g/mol. The fourth-order valence-electron chi connectivity index (χ4n) is 1.84. The van der Waals surface area contributed by atoms with Gasteiger partial charge in [-0.2, -0.15) is 0 Å². The first-order chi connectivity index (χ1) is 8.54. The van der Waals surface area contributed by atoms with Gasteiger partial charge in [0.05, 0.1) is 15.9 Å². The molecule has 4 nitrogen and oxygen atoms in total. The van der Waals surface area contributed by atoms with Gasteiger partial charge in [-0.25, -0.2) is 9.07 Å². The highest BCUT2D eigenvalue weighted by atomic mass is 79.9. The number of rotatable bonds is 3. The predicted molar refractivity (Wildman–Crippen MR) is 72.2 cm³/mol. The topological polar surface area (TPSA) is 56.7 Å². The maximum atomic E-state index is 13.6. The molecule has 0 aliphatic rings. The van der Waals surface area contributed by atoms with E-state index in [1.54, 1.807) is 10.7 Å². The van der Waals surface area contributed by atoms with Crippen molar-refractivity contribution in [3.63, 3.8) is 0 Å². The largest absolute Gasteiger partial charge is 0.381 e. The molecule has 0 spiro atoms. The maximum Gasteiger partial charge on any atom is 0.169 e. The van der Waals surface area contributed by atoms with Crippen LogP contribution in [0.2, 0.25) is 0 Å². The van der Waals surface area contributed by atoms with E-state index in [-0.39, 0.29) is 5.82 Å².